The summed E-state index contributed by atoms with van der Waals surface area (Å²) in [7, 11) is 3.25. The summed E-state index contributed by atoms with van der Waals surface area (Å²) in [6, 6.07) is 15.3. The summed E-state index contributed by atoms with van der Waals surface area (Å²) >= 11 is 0. The van der Waals surface area contributed by atoms with Crippen molar-refractivity contribution in [1.82, 2.24) is 0 Å². The third-order valence-corrected chi connectivity index (χ3v) is 3.30. The molecule has 0 fully saturated rings. The number of para-hydroxylation sites is 2. The highest BCUT2D eigenvalue weighted by atomic mass is 16.5. The topological polar surface area (TPSA) is 67.0 Å². The minimum absolute atomic E-state index is 0.307. The van der Waals surface area contributed by atoms with Crippen LogP contribution >= 0.6 is 0 Å². The predicted molar refractivity (Wildman–Crippen MR) is 98.6 cm³/mol. The molecule has 0 amide bonds. The van der Waals surface area contributed by atoms with Gasteiger partial charge in [-0.3, -0.25) is 9.98 Å². The Morgan fingerprint density at radius 2 is 1.25 bits per heavy atom. The summed E-state index contributed by atoms with van der Waals surface area (Å²) in [5.74, 6) is 1.53. The average molecular weight is 323 g/mol. The van der Waals surface area contributed by atoms with Gasteiger partial charge in [-0.05, 0) is 24.3 Å². The van der Waals surface area contributed by atoms with Crippen molar-refractivity contribution in [3.63, 3.8) is 0 Å². The normalized spacial score (nSPS) is 11.1. The molecule has 0 aliphatic rings. The Bertz CT molecular complexity index is 677. The van der Waals surface area contributed by atoms with Crippen LogP contribution in [0.1, 0.15) is 11.1 Å². The van der Waals surface area contributed by atoms with Crippen LogP contribution in [0.4, 0.5) is 0 Å². The van der Waals surface area contributed by atoms with Crippen LogP contribution in [0.15, 0.2) is 58.5 Å². The van der Waals surface area contributed by atoms with E-state index in [2.05, 4.69) is 9.98 Å². The largest absolute Gasteiger partial charge is 0.496 e. The highest BCUT2D eigenvalue weighted by molar-refractivity contribution is 5.91. The lowest BCUT2D eigenvalue weighted by atomic mass is 10.2. The van der Waals surface area contributed by atoms with Gasteiger partial charge in [-0.1, -0.05) is 24.3 Å². The van der Waals surface area contributed by atoms with Gasteiger partial charge in [-0.2, -0.15) is 0 Å². The number of hydrogen-bond donors (Lipinski definition) is 1. The van der Waals surface area contributed by atoms with Crippen molar-refractivity contribution in [2.24, 2.45) is 9.98 Å². The zero-order chi connectivity index (χ0) is 17.2. The number of methoxy groups -OCH3 is 2. The van der Waals surface area contributed by atoms with Crippen LogP contribution < -0.4 is 9.47 Å². The number of ether oxygens (including phenoxy) is 2. The van der Waals surface area contributed by atoms with E-state index >= 15 is 0 Å². The van der Waals surface area contributed by atoms with Crippen molar-refractivity contribution >= 4 is 18.1 Å². The molecule has 0 unspecified atom stereocenters. The first-order chi connectivity index (χ1) is 11.7. The molecule has 0 radical (unpaired) electrons. The van der Waals surface area contributed by atoms with Crippen molar-refractivity contribution in [2.75, 3.05) is 27.3 Å². The van der Waals surface area contributed by atoms with Crippen molar-refractivity contribution in [1.29, 1.82) is 5.41 Å². The summed E-state index contributed by atoms with van der Waals surface area (Å²) in [6.07, 6.45) is 3.44. The maximum atomic E-state index is 7.93. The molecule has 0 saturated carbocycles. The molecule has 5 heteroatoms. The molecule has 0 saturated heterocycles. The third kappa shape index (κ3) is 5.05. The maximum Gasteiger partial charge on any atom is 0.127 e. The molecule has 0 aromatic heterocycles. The lowest BCUT2D eigenvalue weighted by Crippen LogP contribution is -2.06. The molecule has 0 bridgehead atoms. The predicted octanol–water partition coefficient (Wildman–Crippen LogP) is 3.26. The maximum absolute atomic E-state index is 7.93. The monoisotopic (exact) mass is 323 g/mol. The molecule has 2 aromatic carbocycles. The van der Waals surface area contributed by atoms with E-state index in [4.69, 9.17) is 14.9 Å². The summed E-state index contributed by atoms with van der Waals surface area (Å²) in [4.78, 5) is 8.56. The van der Waals surface area contributed by atoms with Crippen LogP contribution in [0.25, 0.3) is 0 Å². The summed E-state index contributed by atoms with van der Waals surface area (Å²) in [5, 5.41) is 7.93. The molecule has 2 aromatic rings. The zero-order valence-electron chi connectivity index (χ0n) is 13.9. The molecule has 0 atom stereocenters. The smallest absolute Gasteiger partial charge is 0.127 e. The Morgan fingerprint density at radius 3 is 1.67 bits per heavy atom. The summed E-state index contributed by atoms with van der Waals surface area (Å²) in [6.45, 7) is 0.614. The molecule has 1 N–H and O–H groups in total. The highest BCUT2D eigenvalue weighted by Gasteiger charge is 1.99. The fourth-order valence-electron chi connectivity index (χ4n) is 2.10. The van der Waals surface area contributed by atoms with Gasteiger partial charge >= 0.3 is 0 Å². The van der Waals surface area contributed by atoms with Gasteiger partial charge in [0.15, 0.2) is 0 Å². The molecule has 5 nitrogen and oxygen atoms in total. The second-order valence-corrected chi connectivity index (χ2v) is 5.03. The van der Waals surface area contributed by atoms with E-state index in [1.165, 1.54) is 0 Å². The third-order valence-electron chi connectivity index (χ3n) is 3.30. The molecule has 24 heavy (non-hydrogen) atoms. The van der Waals surface area contributed by atoms with Gasteiger partial charge < -0.3 is 14.9 Å². The summed E-state index contributed by atoms with van der Waals surface area (Å²) < 4.78 is 10.5. The standard InChI is InChI=1S/C19H21N3O2/c1-23-18-9-5-3-7-15(18)11-21-13-17(20)14-22-12-16-8-4-6-10-19(16)24-2/h3-12,20H,13-14H2,1-2H3. The Labute approximate surface area is 142 Å². The Balaban J connectivity index is 1.87. The Morgan fingerprint density at radius 1 is 0.833 bits per heavy atom. The van der Waals surface area contributed by atoms with Gasteiger partial charge in [0.25, 0.3) is 0 Å². The van der Waals surface area contributed by atoms with Gasteiger partial charge in [-0.15, -0.1) is 0 Å². The van der Waals surface area contributed by atoms with Crippen molar-refractivity contribution in [2.45, 2.75) is 0 Å². The number of nitrogens with one attached hydrogen (secondary N) is 1. The van der Waals surface area contributed by atoms with Crippen molar-refractivity contribution in [3.05, 3.63) is 59.7 Å². The number of aliphatic imine (C=N–C) groups is 2. The number of hydrogen-bond acceptors (Lipinski definition) is 5. The minimum Gasteiger partial charge on any atom is -0.496 e. The van der Waals surface area contributed by atoms with Crippen molar-refractivity contribution in [3.8, 4) is 11.5 Å². The first kappa shape index (κ1) is 17.4. The average Bonchev–Trinajstić information content (AvgIpc) is 2.62. The Kier molecular flexibility index (Phi) is 6.71. The van der Waals surface area contributed by atoms with Gasteiger partial charge in [-0.25, -0.2) is 0 Å². The van der Waals surface area contributed by atoms with Crippen LogP contribution in [0.2, 0.25) is 0 Å². The molecule has 124 valence electrons. The fraction of sp³-hybridized carbons (Fsp3) is 0.211. The van der Waals surface area contributed by atoms with E-state index in [0.717, 1.165) is 22.6 Å². The van der Waals surface area contributed by atoms with Crippen LogP contribution in [0, 0.1) is 5.41 Å². The molecule has 0 heterocycles. The molecule has 0 spiro atoms. The lowest BCUT2D eigenvalue weighted by molar-refractivity contribution is 0.414. The minimum atomic E-state index is 0.307. The van der Waals surface area contributed by atoms with Crippen LogP contribution in [-0.4, -0.2) is 45.4 Å². The quantitative estimate of drug-likeness (QED) is 0.758. The van der Waals surface area contributed by atoms with Gasteiger partial charge in [0.05, 0.1) is 33.0 Å². The lowest BCUT2D eigenvalue weighted by Gasteiger charge is -2.03. The van der Waals surface area contributed by atoms with Gasteiger partial charge in [0, 0.05) is 23.6 Å². The van der Waals surface area contributed by atoms with Gasteiger partial charge in [0.2, 0.25) is 0 Å². The highest BCUT2D eigenvalue weighted by Crippen LogP contribution is 2.15. The first-order valence-corrected chi connectivity index (χ1v) is 7.56. The summed E-state index contributed by atoms with van der Waals surface area (Å²) in [5.41, 5.74) is 2.22. The number of nitrogens with zero attached hydrogens (tertiary/aromatic N) is 2. The number of benzene rings is 2. The Hall–Kier alpha value is -2.95. The molecule has 2 rings (SSSR count). The van der Waals surface area contributed by atoms with Crippen LogP contribution in [0.5, 0.6) is 11.5 Å². The van der Waals surface area contributed by atoms with E-state index in [9.17, 15) is 0 Å². The van der Waals surface area contributed by atoms with E-state index in [-0.39, 0.29) is 0 Å². The molecular weight excluding hydrogens is 302 g/mol. The molecular formula is C19H21N3O2. The van der Waals surface area contributed by atoms with E-state index in [1.807, 2.05) is 48.5 Å². The van der Waals surface area contributed by atoms with Crippen molar-refractivity contribution < 1.29 is 9.47 Å². The molecule has 0 aliphatic carbocycles. The second-order valence-electron chi connectivity index (χ2n) is 5.03. The second kappa shape index (κ2) is 9.25. The number of rotatable bonds is 8. The SMILES string of the molecule is COc1ccccc1C=NCC(=N)CN=Cc1ccccc1OC. The van der Waals surface area contributed by atoms with E-state index < -0.39 is 0 Å². The van der Waals surface area contributed by atoms with E-state index in [1.54, 1.807) is 26.6 Å². The van der Waals surface area contributed by atoms with Gasteiger partial charge in [0.1, 0.15) is 11.5 Å². The fourth-order valence-corrected chi connectivity index (χ4v) is 2.10. The zero-order valence-corrected chi connectivity index (χ0v) is 13.9. The van der Waals surface area contributed by atoms with Crippen LogP contribution in [-0.2, 0) is 0 Å². The molecule has 0 aliphatic heterocycles. The van der Waals surface area contributed by atoms with Crippen LogP contribution in [0.3, 0.4) is 0 Å². The first-order valence-electron chi connectivity index (χ1n) is 7.56. The van der Waals surface area contributed by atoms with E-state index in [0.29, 0.717) is 18.8 Å².